The molecule has 0 atom stereocenters. The second-order valence-corrected chi connectivity index (χ2v) is 5.56. The number of thiazole rings is 1. The Labute approximate surface area is 129 Å². The maximum atomic E-state index is 12.5. The molecular weight excluding hydrogens is 314 g/mol. The van der Waals surface area contributed by atoms with Gasteiger partial charge in [-0.25, -0.2) is 4.98 Å². The lowest BCUT2D eigenvalue weighted by atomic mass is 10.1. The van der Waals surface area contributed by atoms with Crippen molar-refractivity contribution in [2.24, 2.45) is 0 Å². The highest BCUT2D eigenvalue weighted by atomic mass is 32.1. The minimum absolute atomic E-state index is 0.0131. The van der Waals surface area contributed by atoms with E-state index in [1.54, 1.807) is 6.20 Å². The Kier molecular flexibility index (Phi) is 5.26. The Morgan fingerprint density at radius 1 is 1.45 bits per heavy atom. The van der Waals surface area contributed by atoms with Crippen LogP contribution in [0.15, 0.2) is 24.4 Å². The summed E-state index contributed by atoms with van der Waals surface area (Å²) in [5.74, 6) is -0.736. The molecule has 0 saturated heterocycles. The normalized spacial score (nSPS) is 10.6. The molecule has 0 fully saturated rings. The molecule has 118 valence electrons. The predicted molar refractivity (Wildman–Crippen MR) is 77.6 cm³/mol. The average Bonchev–Trinajstić information content (AvgIpc) is 2.90. The lowest BCUT2D eigenvalue weighted by Gasteiger charge is -2.14. The second-order valence-electron chi connectivity index (χ2n) is 4.24. The van der Waals surface area contributed by atoms with Gasteiger partial charge >= 0.3 is 6.61 Å². The van der Waals surface area contributed by atoms with E-state index in [1.165, 1.54) is 36.6 Å². The third-order valence-corrected chi connectivity index (χ3v) is 3.66. The number of ether oxygens (including phenoxy) is 2. The van der Waals surface area contributed by atoms with Crippen LogP contribution in [0.3, 0.4) is 0 Å². The van der Waals surface area contributed by atoms with Crippen molar-refractivity contribution in [2.45, 2.75) is 20.1 Å². The minimum Gasteiger partial charge on any atom is -0.493 e. The maximum Gasteiger partial charge on any atom is 0.387 e. The quantitative estimate of drug-likeness (QED) is 0.885. The summed E-state index contributed by atoms with van der Waals surface area (Å²) in [6, 6.07) is 4.37. The Hall–Kier alpha value is -2.22. The molecule has 0 unspecified atom stereocenters. The molecule has 0 aliphatic carbocycles. The van der Waals surface area contributed by atoms with E-state index in [1.807, 2.05) is 6.92 Å². The summed E-state index contributed by atoms with van der Waals surface area (Å²) >= 11 is 1.45. The van der Waals surface area contributed by atoms with Crippen LogP contribution in [0.2, 0.25) is 0 Å². The van der Waals surface area contributed by atoms with Gasteiger partial charge in [0, 0.05) is 11.1 Å². The number of para-hydroxylation sites is 1. The van der Waals surface area contributed by atoms with Gasteiger partial charge in [-0.2, -0.15) is 8.78 Å². The SMILES string of the molecule is COc1cccc(C(=O)NCc2cnc(C)s2)c1OC(F)F. The number of amides is 1. The number of alkyl halides is 2. The summed E-state index contributed by atoms with van der Waals surface area (Å²) in [6.07, 6.45) is 1.66. The van der Waals surface area contributed by atoms with E-state index in [-0.39, 0.29) is 23.6 Å². The van der Waals surface area contributed by atoms with Crippen LogP contribution in [-0.4, -0.2) is 24.6 Å². The minimum atomic E-state index is -3.05. The molecule has 0 spiro atoms. The third-order valence-electron chi connectivity index (χ3n) is 2.74. The van der Waals surface area contributed by atoms with Gasteiger partial charge < -0.3 is 14.8 Å². The van der Waals surface area contributed by atoms with E-state index in [0.29, 0.717) is 0 Å². The van der Waals surface area contributed by atoms with Crippen molar-refractivity contribution in [2.75, 3.05) is 7.11 Å². The summed E-state index contributed by atoms with van der Waals surface area (Å²) in [7, 11) is 1.31. The first-order valence-electron chi connectivity index (χ1n) is 6.32. The zero-order valence-electron chi connectivity index (χ0n) is 11.9. The first-order valence-corrected chi connectivity index (χ1v) is 7.14. The zero-order chi connectivity index (χ0) is 16.1. The summed E-state index contributed by atoms with van der Waals surface area (Å²) < 4.78 is 34.4. The van der Waals surface area contributed by atoms with E-state index < -0.39 is 12.5 Å². The zero-order valence-corrected chi connectivity index (χ0v) is 12.7. The van der Waals surface area contributed by atoms with Crippen molar-refractivity contribution in [3.63, 3.8) is 0 Å². The van der Waals surface area contributed by atoms with E-state index in [9.17, 15) is 13.6 Å². The number of methoxy groups -OCH3 is 1. The first-order chi connectivity index (χ1) is 10.5. The van der Waals surface area contributed by atoms with Crippen LogP contribution in [0.4, 0.5) is 8.78 Å². The number of halogens is 2. The van der Waals surface area contributed by atoms with Gasteiger partial charge in [0.15, 0.2) is 11.5 Å². The van der Waals surface area contributed by atoms with Gasteiger partial charge in [0.05, 0.1) is 24.2 Å². The van der Waals surface area contributed by atoms with Crippen molar-refractivity contribution < 1.29 is 23.0 Å². The van der Waals surface area contributed by atoms with E-state index >= 15 is 0 Å². The Morgan fingerprint density at radius 3 is 2.82 bits per heavy atom. The fourth-order valence-electron chi connectivity index (χ4n) is 1.82. The standard InChI is InChI=1S/C14H14F2N2O3S/c1-8-17-6-9(22-8)7-18-13(19)10-4-3-5-11(20-2)12(10)21-14(15)16/h3-6,14H,7H2,1-2H3,(H,18,19). The summed E-state index contributed by atoms with van der Waals surface area (Å²) in [6.45, 7) is -0.936. The summed E-state index contributed by atoms with van der Waals surface area (Å²) in [4.78, 5) is 17.1. The summed E-state index contributed by atoms with van der Waals surface area (Å²) in [5, 5.41) is 3.53. The predicted octanol–water partition coefficient (Wildman–Crippen LogP) is 2.99. The molecule has 1 heterocycles. The van der Waals surface area contributed by atoms with Gasteiger partial charge in [0.2, 0.25) is 0 Å². The number of carbonyl (C=O) groups is 1. The molecule has 0 aliphatic rings. The van der Waals surface area contributed by atoms with Crippen LogP contribution in [0.25, 0.3) is 0 Å². The highest BCUT2D eigenvalue weighted by Gasteiger charge is 2.20. The van der Waals surface area contributed by atoms with Crippen molar-refractivity contribution in [1.29, 1.82) is 0 Å². The molecule has 1 aromatic heterocycles. The van der Waals surface area contributed by atoms with Crippen LogP contribution in [0.5, 0.6) is 11.5 Å². The van der Waals surface area contributed by atoms with Crippen LogP contribution in [-0.2, 0) is 6.54 Å². The molecule has 1 aromatic carbocycles. The van der Waals surface area contributed by atoms with E-state index in [0.717, 1.165) is 9.88 Å². The Bertz CT molecular complexity index is 661. The molecule has 0 aliphatic heterocycles. The molecule has 22 heavy (non-hydrogen) atoms. The second kappa shape index (κ2) is 7.17. The lowest BCUT2D eigenvalue weighted by molar-refractivity contribution is -0.0515. The van der Waals surface area contributed by atoms with Gasteiger partial charge in [-0.05, 0) is 19.1 Å². The molecular formula is C14H14F2N2O3S. The number of hydrogen-bond donors (Lipinski definition) is 1. The average molecular weight is 328 g/mol. The topological polar surface area (TPSA) is 60.5 Å². The number of benzene rings is 1. The number of nitrogens with zero attached hydrogens (tertiary/aromatic N) is 1. The molecule has 2 aromatic rings. The molecule has 8 heteroatoms. The van der Waals surface area contributed by atoms with Gasteiger partial charge in [0.25, 0.3) is 5.91 Å². The molecule has 0 radical (unpaired) electrons. The molecule has 5 nitrogen and oxygen atoms in total. The van der Waals surface area contributed by atoms with Crippen molar-refractivity contribution >= 4 is 17.2 Å². The lowest BCUT2D eigenvalue weighted by Crippen LogP contribution is -2.23. The van der Waals surface area contributed by atoms with E-state index in [4.69, 9.17) is 4.74 Å². The number of carbonyl (C=O) groups excluding carboxylic acids is 1. The van der Waals surface area contributed by atoms with Crippen molar-refractivity contribution in [1.82, 2.24) is 10.3 Å². The monoisotopic (exact) mass is 328 g/mol. The number of aryl methyl sites for hydroxylation is 1. The van der Waals surface area contributed by atoms with Crippen LogP contribution >= 0.6 is 11.3 Å². The summed E-state index contributed by atoms with van der Waals surface area (Å²) in [5.41, 5.74) is -0.0131. The third kappa shape index (κ3) is 3.91. The Morgan fingerprint density at radius 2 is 2.23 bits per heavy atom. The number of aromatic nitrogens is 1. The van der Waals surface area contributed by atoms with Crippen molar-refractivity contribution in [3.05, 3.63) is 39.8 Å². The molecule has 0 saturated carbocycles. The van der Waals surface area contributed by atoms with Crippen LogP contribution in [0.1, 0.15) is 20.2 Å². The van der Waals surface area contributed by atoms with Gasteiger partial charge in [0.1, 0.15) is 0 Å². The van der Waals surface area contributed by atoms with Crippen LogP contribution < -0.4 is 14.8 Å². The van der Waals surface area contributed by atoms with Crippen molar-refractivity contribution in [3.8, 4) is 11.5 Å². The maximum absolute atomic E-state index is 12.5. The van der Waals surface area contributed by atoms with E-state index in [2.05, 4.69) is 15.0 Å². The fourth-order valence-corrected chi connectivity index (χ4v) is 2.55. The Balaban J connectivity index is 2.17. The highest BCUT2D eigenvalue weighted by Crippen LogP contribution is 2.32. The smallest absolute Gasteiger partial charge is 0.387 e. The number of rotatable bonds is 6. The number of nitrogens with one attached hydrogen (secondary N) is 1. The highest BCUT2D eigenvalue weighted by molar-refractivity contribution is 7.11. The van der Waals surface area contributed by atoms with Crippen LogP contribution in [0, 0.1) is 6.92 Å². The molecule has 0 bridgehead atoms. The van der Waals surface area contributed by atoms with Gasteiger partial charge in [-0.15, -0.1) is 11.3 Å². The largest absolute Gasteiger partial charge is 0.493 e. The first kappa shape index (κ1) is 16.2. The number of hydrogen-bond acceptors (Lipinski definition) is 5. The molecule has 1 N–H and O–H groups in total. The fraction of sp³-hybridized carbons (Fsp3) is 0.286. The van der Waals surface area contributed by atoms with Gasteiger partial charge in [-0.3, -0.25) is 4.79 Å². The van der Waals surface area contributed by atoms with Gasteiger partial charge in [-0.1, -0.05) is 6.07 Å². The molecule has 2 rings (SSSR count). The molecule has 1 amide bonds.